The number of ether oxygens (including phenoxy) is 1. The van der Waals surface area contributed by atoms with E-state index < -0.39 is 6.61 Å². The zero-order valence-electron chi connectivity index (χ0n) is 8.08. The molecule has 0 saturated heterocycles. The van der Waals surface area contributed by atoms with Crippen molar-refractivity contribution in [2.45, 2.75) is 19.5 Å². The second kappa shape index (κ2) is 5.42. The Morgan fingerprint density at radius 1 is 1.47 bits per heavy atom. The van der Waals surface area contributed by atoms with Crippen molar-refractivity contribution in [3.05, 3.63) is 28.2 Å². The predicted molar refractivity (Wildman–Crippen MR) is 56.3 cm³/mol. The van der Waals surface area contributed by atoms with Gasteiger partial charge in [-0.3, -0.25) is 0 Å². The molecule has 84 valence electrons. The molecule has 1 rings (SSSR count). The highest BCUT2D eigenvalue weighted by Crippen LogP contribution is 2.30. The molecule has 0 amide bonds. The van der Waals surface area contributed by atoms with Crippen molar-refractivity contribution >= 4 is 15.9 Å². The average Bonchev–Trinajstić information content (AvgIpc) is 2.19. The Morgan fingerprint density at radius 3 is 2.67 bits per heavy atom. The van der Waals surface area contributed by atoms with Gasteiger partial charge in [-0.05, 0) is 18.2 Å². The lowest BCUT2D eigenvalue weighted by Crippen LogP contribution is -2.07. The van der Waals surface area contributed by atoms with Gasteiger partial charge in [-0.25, -0.2) is 0 Å². The SMILES string of the molecule is CC(CO)c1cc(Br)ccc1OC(F)F. The molecule has 0 aliphatic carbocycles. The highest BCUT2D eigenvalue weighted by atomic mass is 79.9. The minimum Gasteiger partial charge on any atom is -0.435 e. The molecule has 5 heteroatoms. The molecular formula is C10H11BrF2O2. The van der Waals surface area contributed by atoms with Crippen molar-refractivity contribution in [3.63, 3.8) is 0 Å². The van der Waals surface area contributed by atoms with Crippen molar-refractivity contribution in [2.24, 2.45) is 0 Å². The van der Waals surface area contributed by atoms with Gasteiger partial charge in [0, 0.05) is 22.6 Å². The summed E-state index contributed by atoms with van der Waals surface area (Å²) in [5, 5.41) is 8.98. The lowest BCUT2D eigenvalue weighted by molar-refractivity contribution is -0.0507. The molecule has 0 saturated carbocycles. The minimum atomic E-state index is -2.85. The Morgan fingerprint density at radius 2 is 2.13 bits per heavy atom. The summed E-state index contributed by atoms with van der Waals surface area (Å²) in [5.41, 5.74) is 0.562. The minimum absolute atomic E-state index is 0.106. The van der Waals surface area contributed by atoms with Gasteiger partial charge in [0.1, 0.15) is 5.75 Å². The normalized spacial score (nSPS) is 12.9. The average molecular weight is 281 g/mol. The Kier molecular flexibility index (Phi) is 4.47. The summed E-state index contributed by atoms with van der Waals surface area (Å²) in [6.45, 7) is -1.23. The van der Waals surface area contributed by atoms with Gasteiger partial charge in [-0.2, -0.15) is 8.78 Å². The second-order valence-corrected chi connectivity index (χ2v) is 4.06. The third kappa shape index (κ3) is 3.43. The fourth-order valence-electron chi connectivity index (χ4n) is 1.21. The number of aliphatic hydroxyl groups is 1. The predicted octanol–water partition coefficient (Wildman–Crippen LogP) is 3.15. The van der Waals surface area contributed by atoms with E-state index in [0.29, 0.717) is 5.56 Å². The van der Waals surface area contributed by atoms with Gasteiger partial charge >= 0.3 is 6.61 Å². The molecular weight excluding hydrogens is 270 g/mol. The maximum atomic E-state index is 12.1. The van der Waals surface area contributed by atoms with E-state index in [1.807, 2.05) is 0 Å². The van der Waals surface area contributed by atoms with Crippen molar-refractivity contribution in [2.75, 3.05) is 6.61 Å². The summed E-state index contributed by atoms with van der Waals surface area (Å²) in [6.07, 6.45) is 0. The molecule has 1 atom stereocenters. The van der Waals surface area contributed by atoms with E-state index in [0.717, 1.165) is 4.47 Å². The maximum absolute atomic E-state index is 12.1. The number of alkyl halides is 2. The van der Waals surface area contributed by atoms with Crippen molar-refractivity contribution < 1.29 is 18.6 Å². The van der Waals surface area contributed by atoms with Gasteiger partial charge in [-0.1, -0.05) is 22.9 Å². The Balaban J connectivity index is 3.02. The van der Waals surface area contributed by atoms with E-state index in [1.165, 1.54) is 6.07 Å². The van der Waals surface area contributed by atoms with Crippen LogP contribution >= 0.6 is 15.9 Å². The van der Waals surface area contributed by atoms with Crippen LogP contribution in [0.15, 0.2) is 22.7 Å². The van der Waals surface area contributed by atoms with Gasteiger partial charge in [-0.15, -0.1) is 0 Å². The summed E-state index contributed by atoms with van der Waals surface area (Å²) in [7, 11) is 0. The van der Waals surface area contributed by atoms with Crippen molar-refractivity contribution in [1.82, 2.24) is 0 Å². The quantitative estimate of drug-likeness (QED) is 0.918. The molecule has 0 bridgehead atoms. The molecule has 15 heavy (non-hydrogen) atoms. The molecule has 1 N–H and O–H groups in total. The fourth-order valence-corrected chi connectivity index (χ4v) is 1.58. The van der Waals surface area contributed by atoms with Gasteiger partial charge in [0.05, 0.1) is 0 Å². The zero-order chi connectivity index (χ0) is 11.4. The Hall–Kier alpha value is -0.680. The van der Waals surface area contributed by atoms with E-state index >= 15 is 0 Å². The number of halogens is 3. The van der Waals surface area contributed by atoms with Crippen LogP contribution in [0.3, 0.4) is 0 Å². The molecule has 0 spiro atoms. The molecule has 0 aliphatic rings. The summed E-state index contributed by atoms with van der Waals surface area (Å²) in [4.78, 5) is 0. The van der Waals surface area contributed by atoms with Crippen LogP contribution in [0, 0.1) is 0 Å². The molecule has 0 aromatic heterocycles. The molecule has 0 radical (unpaired) electrons. The van der Waals surface area contributed by atoms with Gasteiger partial charge < -0.3 is 9.84 Å². The van der Waals surface area contributed by atoms with Crippen LogP contribution in [0.25, 0.3) is 0 Å². The lowest BCUT2D eigenvalue weighted by Gasteiger charge is -2.15. The monoisotopic (exact) mass is 280 g/mol. The molecule has 1 aromatic rings. The second-order valence-electron chi connectivity index (χ2n) is 3.14. The van der Waals surface area contributed by atoms with E-state index in [-0.39, 0.29) is 18.3 Å². The first-order valence-electron chi connectivity index (χ1n) is 4.39. The van der Waals surface area contributed by atoms with E-state index in [2.05, 4.69) is 20.7 Å². The van der Waals surface area contributed by atoms with E-state index in [9.17, 15) is 8.78 Å². The number of hydrogen-bond acceptors (Lipinski definition) is 2. The lowest BCUT2D eigenvalue weighted by atomic mass is 10.0. The van der Waals surface area contributed by atoms with Gasteiger partial charge in [0.25, 0.3) is 0 Å². The Labute approximate surface area is 95.0 Å². The first-order valence-corrected chi connectivity index (χ1v) is 5.19. The highest BCUT2D eigenvalue weighted by molar-refractivity contribution is 9.10. The molecule has 1 aromatic carbocycles. The van der Waals surface area contributed by atoms with E-state index in [1.54, 1.807) is 19.1 Å². The van der Waals surface area contributed by atoms with Crippen LogP contribution in [0.2, 0.25) is 0 Å². The van der Waals surface area contributed by atoms with Crippen molar-refractivity contribution in [1.29, 1.82) is 0 Å². The van der Waals surface area contributed by atoms with Crippen LogP contribution in [0.1, 0.15) is 18.4 Å². The summed E-state index contributed by atoms with van der Waals surface area (Å²) in [5.74, 6) is -0.133. The zero-order valence-corrected chi connectivity index (χ0v) is 9.67. The number of rotatable bonds is 4. The fraction of sp³-hybridized carbons (Fsp3) is 0.400. The summed E-state index contributed by atoms with van der Waals surface area (Å²) < 4.78 is 29.3. The third-order valence-electron chi connectivity index (χ3n) is 1.99. The standard InChI is InChI=1S/C10H11BrF2O2/c1-6(5-14)8-4-7(11)2-3-9(8)15-10(12)13/h2-4,6,10,14H,5H2,1H3. The van der Waals surface area contributed by atoms with Crippen LogP contribution < -0.4 is 4.74 Å². The maximum Gasteiger partial charge on any atom is 0.387 e. The largest absolute Gasteiger partial charge is 0.435 e. The van der Waals surface area contributed by atoms with Crippen LogP contribution in [-0.2, 0) is 0 Å². The molecule has 0 heterocycles. The summed E-state index contributed by atoms with van der Waals surface area (Å²) >= 11 is 3.24. The van der Waals surface area contributed by atoms with Gasteiger partial charge in [0.15, 0.2) is 0 Å². The smallest absolute Gasteiger partial charge is 0.387 e. The van der Waals surface area contributed by atoms with Crippen LogP contribution in [-0.4, -0.2) is 18.3 Å². The highest BCUT2D eigenvalue weighted by Gasteiger charge is 2.14. The van der Waals surface area contributed by atoms with E-state index in [4.69, 9.17) is 5.11 Å². The third-order valence-corrected chi connectivity index (χ3v) is 2.49. The number of hydrogen-bond donors (Lipinski definition) is 1. The first-order chi connectivity index (χ1) is 7.04. The van der Waals surface area contributed by atoms with Crippen LogP contribution in [0.4, 0.5) is 8.78 Å². The molecule has 0 aliphatic heterocycles. The number of benzene rings is 1. The topological polar surface area (TPSA) is 29.5 Å². The van der Waals surface area contributed by atoms with Gasteiger partial charge in [0.2, 0.25) is 0 Å². The summed E-state index contributed by atoms with van der Waals surface area (Å²) in [6, 6.07) is 4.74. The molecule has 2 nitrogen and oxygen atoms in total. The number of aliphatic hydroxyl groups excluding tert-OH is 1. The molecule has 0 fully saturated rings. The first kappa shape index (κ1) is 12.4. The van der Waals surface area contributed by atoms with Crippen LogP contribution in [0.5, 0.6) is 5.75 Å². The van der Waals surface area contributed by atoms with Crippen molar-refractivity contribution in [3.8, 4) is 5.75 Å². The Bertz CT molecular complexity index is 331. The molecule has 1 unspecified atom stereocenters.